The number of benzene rings is 5. The molecule has 3 heterocycles. The number of hydrogen-bond acceptors (Lipinski definition) is 5. The summed E-state index contributed by atoms with van der Waals surface area (Å²) in [6, 6.07) is 28.3. The van der Waals surface area contributed by atoms with Crippen molar-refractivity contribution in [3.63, 3.8) is 0 Å². The highest BCUT2D eigenvalue weighted by molar-refractivity contribution is 6.19. The van der Waals surface area contributed by atoms with Crippen LogP contribution in [0.3, 0.4) is 0 Å². The lowest BCUT2D eigenvalue weighted by molar-refractivity contribution is -0.236. The summed E-state index contributed by atoms with van der Waals surface area (Å²) < 4.78 is 31.3. The van der Waals surface area contributed by atoms with Gasteiger partial charge >= 0.3 is 0 Å². The van der Waals surface area contributed by atoms with Crippen LogP contribution in [0, 0.1) is 23.2 Å². The van der Waals surface area contributed by atoms with Gasteiger partial charge in [-0.1, -0.05) is 93.6 Å². The molecule has 0 radical (unpaired) electrons. The first-order valence-electron chi connectivity index (χ1n) is 15.8. The number of hydrogen-bond donors (Lipinski definition) is 0. The summed E-state index contributed by atoms with van der Waals surface area (Å²) in [5, 5.41) is 6.87. The van der Waals surface area contributed by atoms with Gasteiger partial charge in [-0.05, 0) is 34.7 Å². The van der Waals surface area contributed by atoms with Gasteiger partial charge in [0.25, 0.3) is 0 Å². The van der Waals surface area contributed by atoms with Crippen LogP contribution in [0.5, 0.6) is 11.5 Å². The SMILES string of the molecule is Cc1cccc2c(OCC3(C)COC3)c3ccccc3c(-c3ccc4ccccc4c3OC(C3(C)COC3)C3(C)COC3)c12. The Labute approximate surface area is 259 Å². The van der Waals surface area contributed by atoms with Crippen molar-refractivity contribution in [2.45, 2.75) is 33.8 Å². The predicted octanol–water partition coefficient (Wildman–Crippen LogP) is 8.36. The molecule has 44 heavy (non-hydrogen) atoms. The molecule has 5 aromatic rings. The van der Waals surface area contributed by atoms with E-state index in [9.17, 15) is 0 Å². The summed E-state index contributed by atoms with van der Waals surface area (Å²) in [6.45, 7) is 13.9. The van der Waals surface area contributed by atoms with Crippen molar-refractivity contribution in [3.05, 3.63) is 84.4 Å². The van der Waals surface area contributed by atoms with Crippen LogP contribution in [-0.4, -0.2) is 52.4 Å². The van der Waals surface area contributed by atoms with E-state index < -0.39 is 0 Å². The summed E-state index contributed by atoms with van der Waals surface area (Å²) >= 11 is 0. The van der Waals surface area contributed by atoms with Gasteiger partial charge in [0, 0.05) is 32.7 Å². The molecule has 0 unspecified atom stereocenters. The Balaban J connectivity index is 1.39. The van der Waals surface area contributed by atoms with Gasteiger partial charge in [-0.2, -0.15) is 0 Å². The predicted molar refractivity (Wildman–Crippen MR) is 176 cm³/mol. The van der Waals surface area contributed by atoms with Gasteiger partial charge in [0.2, 0.25) is 0 Å². The van der Waals surface area contributed by atoms with Gasteiger partial charge in [-0.3, -0.25) is 0 Å². The van der Waals surface area contributed by atoms with E-state index in [-0.39, 0.29) is 22.3 Å². The summed E-state index contributed by atoms with van der Waals surface area (Å²) in [7, 11) is 0. The number of ether oxygens (including phenoxy) is 5. The molecule has 0 saturated carbocycles. The molecule has 0 bridgehead atoms. The highest BCUT2D eigenvalue weighted by Crippen LogP contribution is 2.52. The van der Waals surface area contributed by atoms with Crippen molar-refractivity contribution in [3.8, 4) is 22.6 Å². The third-order valence-corrected chi connectivity index (χ3v) is 10.1. The van der Waals surface area contributed by atoms with Crippen molar-refractivity contribution < 1.29 is 23.7 Å². The Morgan fingerprint density at radius 1 is 0.636 bits per heavy atom. The molecule has 3 aliphatic heterocycles. The van der Waals surface area contributed by atoms with Gasteiger partial charge in [-0.15, -0.1) is 0 Å². The molecule has 0 aliphatic carbocycles. The quantitative estimate of drug-likeness (QED) is 0.171. The van der Waals surface area contributed by atoms with Crippen LogP contribution in [-0.2, 0) is 14.2 Å². The molecule has 0 N–H and O–H groups in total. The molecule has 3 saturated heterocycles. The summed E-state index contributed by atoms with van der Waals surface area (Å²) in [5.74, 6) is 1.87. The topological polar surface area (TPSA) is 46.2 Å². The zero-order valence-corrected chi connectivity index (χ0v) is 26.1. The van der Waals surface area contributed by atoms with Gasteiger partial charge in [0.05, 0.1) is 57.1 Å². The van der Waals surface area contributed by atoms with E-state index in [0.717, 1.165) is 57.2 Å². The molecular weight excluding hydrogens is 548 g/mol. The second-order valence-corrected chi connectivity index (χ2v) is 14.3. The van der Waals surface area contributed by atoms with E-state index in [2.05, 4.69) is 107 Å². The molecule has 8 rings (SSSR count). The van der Waals surface area contributed by atoms with Gasteiger partial charge in [0.15, 0.2) is 0 Å². The standard InChI is InChI=1S/C39H40O5/c1-25-10-9-15-30-32(25)33(28-13-7-8-14-29(28)34(30)43-20-37(2)18-40-19-37)31-17-16-26-11-5-6-12-27(26)35(31)44-36(38(3)21-41-22-38)39(4)23-42-24-39/h5-17,36H,18-24H2,1-4H3. The highest BCUT2D eigenvalue weighted by Gasteiger charge is 2.55. The van der Waals surface area contributed by atoms with Crippen LogP contribution < -0.4 is 9.47 Å². The number of fused-ring (bicyclic) bond motifs is 3. The molecule has 5 heteroatoms. The van der Waals surface area contributed by atoms with E-state index >= 15 is 0 Å². The fourth-order valence-electron chi connectivity index (χ4n) is 7.54. The van der Waals surface area contributed by atoms with Crippen LogP contribution >= 0.6 is 0 Å². The minimum Gasteiger partial charge on any atom is -0.492 e. The van der Waals surface area contributed by atoms with E-state index in [1.807, 2.05) is 0 Å². The molecule has 0 amide bonds. The van der Waals surface area contributed by atoms with Crippen molar-refractivity contribution in [2.24, 2.45) is 16.2 Å². The van der Waals surface area contributed by atoms with E-state index in [4.69, 9.17) is 23.7 Å². The molecule has 0 spiro atoms. The van der Waals surface area contributed by atoms with E-state index in [0.29, 0.717) is 33.0 Å². The van der Waals surface area contributed by atoms with Crippen LogP contribution in [0.1, 0.15) is 26.3 Å². The molecule has 5 aromatic carbocycles. The van der Waals surface area contributed by atoms with Crippen LogP contribution in [0.15, 0.2) is 78.9 Å². The van der Waals surface area contributed by atoms with E-state index in [1.54, 1.807) is 0 Å². The number of rotatable bonds is 8. The molecule has 0 atom stereocenters. The minimum atomic E-state index is -0.0914. The zero-order chi connectivity index (χ0) is 30.1. The van der Waals surface area contributed by atoms with Crippen LogP contribution in [0.25, 0.3) is 43.4 Å². The van der Waals surface area contributed by atoms with Crippen LogP contribution in [0.4, 0.5) is 0 Å². The maximum absolute atomic E-state index is 7.40. The van der Waals surface area contributed by atoms with Gasteiger partial charge < -0.3 is 23.7 Å². The van der Waals surface area contributed by atoms with Crippen LogP contribution in [0.2, 0.25) is 0 Å². The lowest BCUT2D eigenvalue weighted by Crippen LogP contribution is -2.63. The highest BCUT2D eigenvalue weighted by atomic mass is 16.5. The average Bonchev–Trinajstić information content (AvgIpc) is 2.99. The molecule has 3 fully saturated rings. The molecule has 5 nitrogen and oxygen atoms in total. The lowest BCUT2D eigenvalue weighted by Gasteiger charge is -2.54. The second kappa shape index (κ2) is 10.2. The molecule has 0 aromatic heterocycles. The summed E-state index contributed by atoms with van der Waals surface area (Å²) in [4.78, 5) is 0. The number of aryl methyl sites for hydroxylation is 1. The normalized spacial score (nSPS) is 19.8. The Morgan fingerprint density at radius 2 is 1.25 bits per heavy atom. The first kappa shape index (κ1) is 27.9. The Hall–Kier alpha value is -3.64. The molecule has 226 valence electrons. The maximum atomic E-state index is 7.40. The largest absolute Gasteiger partial charge is 0.492 e. The smallest absolute Gasteiger partial charge is 0.135 e. The maximum Gasteiger partial charge on any atom is 0.135 e. The Bertz CT molecular complexity index is 1880. The summed E-state index contributed by atoms with van der Waals surface area (Å²) in [6.07, 6.45) is -0.0614. The molecular formula is C39H40O5. The van der Waals surface area contributed by atoms with E-state index in [1.165, 1.54) is 16.5 Å². The minimum absolute atomic E-state index is 0.0347. The van der Waals surface area contributed by atoms with Crippen molar-refractivity contribution in [2.75, 3.05) is 46.2 Å². The fraction of sp³-hybridized carbons (Fsp3) is 0.385. The van der Waals surface area contributed by atoms with Crippen molar-refractivity contribution in [1.29, 1.82) is 0 Å². The average molecular weight is 589 g/mol. The second-order valence-electron chi connectivity index (χ2n) is 14.3. The van der Waals surface area contributed by atoms with Gasteiger partial charge in [0.1, 0.15) is 17.6 Å². The third kappa shape index (κ3) is 4.32. The zero-order valence-electron chi connectivity index (χ0n) is 26.1. The summed E-state index contributed by atoms with van der Waals surface area (Å²) in [5.41, 5.74) is 3.34. The monoisotopic (exact) mass is 588 g/mol. The Kier molecular flexibility index (Phi) is 6.46. The first-order valence-corrected chi connectivity index (χ1v) is 15.8. The van der Waals surface area contributed by atoms with Crippen molar-refractivity contribution >= 4 is 32.3 Å². The lowest BCUT2D eigenvalue weighted by atomic mass is 9.67. The molecule has 3 aliphatic rings. The Morgan fingerprint density at radius 3 is 1.89 bits per heavy atom. The van der Waals surface area contributed by atoms with Crippen molar-refractivity contribution in [1.82, 2.24) is 0 Å². The first-order chi connectivity index (χ1) is 21.3. The third-order valence-electron chi connectivity index (χ3n) is 10.1. The van der Waals surface area contributed by atoms with Gasteiger partial charge in [-0.25, -0.2) is 0 Å². The fourth-order valence-corrected chi connectivity index (χ4v) is 7.54.